The number of aliphatic hydroxyl groups is 1. The molecular weight excluding hydrogens is 280 g/mol. The summed E-state index contributed by atoms with van der Waals surface area (Å²) in [5.41, 5.74) is 2.82. The van der Waals surface area contributed by atoms with Gasteiger partial charge in [-0.25, -0.2) is 0 Å². The summed E-state index contributed by atoms with van der Waals surface area (Å²) in [6.07, 6.45) is 2.29. The van der Waals surface area contributed by atoms with Crippen molar-refractivity contribution < 1.29 is 14.3 Å². The molecule has 2 N–H and O–H groups in total. The van der Waals surface area contributed by atoms with Gasteiger partial charge in [0, 0.05) is 23.7 Å². The van der Waals surface area contributed by atoms with E-state index >= 15 is 0 Å². The second-order valence-electron chi connectivity index (χ2n) is 6.30. The Morgan fingerprint density at radius 2 is 2.23 bits per heavy atom. The molecule has 22 heavy (non-hydrogen) atoms. The fourth-order valence-electron chi connectivity index (χ4n) is 3.37. The van der Waals surface area contributed by atoms with E-state index in [1.165, 1.54) is 0 Å². The van der Waals surface area contributed by atoms with Crippen LogP contribution in [0.3, 0.4) is 0 Å². The van der Waals surface area contributed by atoms with Crippen LogP contribution in [-0.2, 0) is 11.2 Å². The third-order valence-corrected chi connectivity index (χ3v) is 4.38. The van der Waals surface area contributed by atoms with E-state index in [0.29, 0.717) is 6.42 Å². The van der Waals surface area contributed by atoms with Crippen LogP contribution in [0.15, 0.2) is 28.9 Å². The van der Waals surface area contributed by atoms with E-state index in [1.807, 2.05) is 44.0 Å². The van der Waals surface area contributed by atoms with Crippen LogP contribution in [0, 0.1) is 5.92 Å². The van der Waals surface area contributed by atoms with Crippen molar-refractivity contribution in [1.82, 2.24) is 5.32 Å². The highest BCUT2D eigenvalue weighted by Crippen LogP contribution is 2.34. The van der Waals surface area contributed by atoms with Crippen LogP contribution >= 0.6 is 0 Å². The molecule has 1 aliphatic heterocycles. The summed E-state index contributed by atoms with van der Waals surface area (Å²) < 4.78 is 5.66. The molecule has 118 valence electrons. The first-order valence-electron chi connectivity index (χ1n) is 7.66. The number of amides is 1. The molecule has 0 spiro atoms. The number of rotatable bonds is 2. The topological polar surface area (TPSA) is 65.7 Å². The number of carbonyl (C=O) groups excluding carboxylic acids is 1. The summed E-state index contributed by atoms with van der Waals surface area (Å²) in [6.45, 7) is 3.97. The van der Waals surface area contributed by atoms with Gasteiger partial charge in [-0.2, -0.15) is 0 Å². The van der Waals surface area contributed by atoms with E-state index in [1.54, 1.807) is 6.26 Å². The Morgan fingerprint density at radius 3 is 2.91 bits per heavy atom. The van der Waals surface area contributed by atoms with Crippen LogP contribution < -0.4 is 10.2 Å². The van der Waals surface area contributed by atoms with Crippen LogP contribution in [0.4, 0.5) is 5.69 Å². The summed E-state index contributed by atoms with van der Waals surface area (Å²) in [7, 11) is 1.94. The largest absolute Gasteiger partial charge is 0.464 e. The molecule has 1 aromatic carbocycles. The normalized spacial score (nSPS) is 22.4. The number of likely N-dealkylation sites (N-methyl/N-ethyl adjacent to an activating group) is 1. The summed E-state index contributed by atoms with van der Waals surface area (Å²) >= 11 is 0. The number of furan rings is 1. The van der Waals surface area contributed by atoms with E-state index in [9.17, 15) is 9.90 Å². The Morgan fingerprint density at radius 1 is 1.45 bits per heavy atom. The number of hydrogen-bond acceptors (Lipinski definition) is 4. The quantitative estimate of drug-likeness (QED) is 0.889. The molecule has 2 heterocycles. The summed E-state index contributed by atoms with van der Waals surface area (Å²) in [6, 6.07) is 5.30. The second-order valence-corrected chi connectivity index (χ2v) is 6.30. The maximum atomic E-state index is 12.6. The van der Waals surface area contributed by atoms with Crippen molar-refractivity contribution in [1.29, 1.82) is 0 Å². The van der Waals surface area contributed by atoms with Crippen molar-refractivity contribution in [2.75, 3.05) is 18.6 Å². The Labute approximate surface area is 129 Å². The summed E-state index contributed by atoms with van der Waals surface area (Å²) in [5.74, 6) is 0.101. The van der Waals surface area contributed by atoms with E-state index in [-0.39, 0.29) is 30.5 Å². The van der Waals surface area contributed by atoms with Crippen LogP contribution in [-0.4, -0.2) is 36.8 Å². The lowest BCUT2D eigenvalue weighted by Gasteiger charge is -2.32. The average Bonchev–Trinajstić information content (AvgIpc) is 2.89. The Bertz CT molecular complexity index is 692. The van der Waals surface area contributed by atoms with Crippen molar-refractivity contribution in [3.05, 3.63) is 30.0 Å². The van der Waals surface area contributed by atoms with Gasteiger partial charge in [0.1, 0.15) is 11.6 Å². The number of benzene rings is 1. The lowest BCUT2D eigenvalue weighted by molar-refractivity contribution is -0.124. The highest BCUT2D eigenvalue weighted by atomic mass is 16.3. The zero-order valence-electron chi connectivity index (χ0n) is 13.2. The molecule has 0 aliphatic carbocycles. The van der Waals surface area contributed by atoms with Crippen LogP contribution in [0.25, 0.3) is 11.0 Å². The zero-order valence-corrected chi connectivity index (χ0v) is 13.2. The van der Waals surface area contributed by atoms with E-state index in [0.717, 1.165) is 22.2 Å². The number of carbonyl (C=O) groups is 1. The molecule has 2 aromatic rings. The van der Waals surface area contributed by atoms with Gasteiger partial charge >= 0.3 is 0 Å². The highest BCUT2D eigenvalue weighted by molar-refractivity contribution is 5.97. The van der Waals surface area contributed by atoms with Gasteiger partial charge in [0.25, 0.3) is 0 Å². The van der Waals surface area contributed by atoms with E-state index in [2.05, 4.69) is 5.32 Å². The van der Waals surface area contributed by atoms with Gasteiger partial charge in [-0.15, -0.1) is 0 Å². The molecular formula is C17H22N2O3. The van der Waals surface area contributed by atoms with Crippen molar-refractivity contribution >= 4 is 22.6 Å². The van der Waals surface area contributed by atoms with Gasteiger partial charge in [-0.1, -0.05) is 19.9 Å². The summed E-state index contributed by atoms with van der Waals surface area (Å²) in [4.78, 5) is 14.7. The number of anilines is 1. The van der Waals surface area contributed by atoms with E-state index < -0.39 is 0 Å². The van der Waals surface area contributed by atoms with Gasteiger partial charge < -0.3 is 19.7 Å². The molecule has 3 rings (SSSR count). The molecule has 5 heteroatoms. The Kier molecular flexibility index (Phi) is 3.83. The average molecular weight is 302 g/mol. The predicted octanol–water partition coefficient (Wildman–Crippen LogP) is 1.93. The standard InChI is InChI=1S/C17H22N2O3/c1-10(2)16-17(21)18-12(8-20)7-11-9-22-14-6-4-5-13(15(11)14)19(16)3/h4-6,9-10,12,16,20H,7-8H2,1-3H3,(H,18,21)/t12-,16-/m0/s1. The lowest BCUT2D eigenvalue weighted by Crippen LogP contribution is -2.52. The highest BCUT2D eigenvalue weighted by Gasteiger charge is 2.32. The minimum absolute atomic E-state index is 0.0457. The minimum Gasteiger partial charge on any atom is -0.464 e. The van der Waals surface area contributed by atoms with Crippen molar-refractivity contribution in [2.24, 2.45) is 5.92 Å². The fourth-order valence-corrected chi connectivity index (χ4v) is 3.37. The zero-order chi connectivity index (χ0) is 15.9. The van der Waals surface area contributed by atoms with Gasteiger partial charge in [0.2, 0.25) is 5.91 Å². The van der Waals surface area contributed by atoms with Crippen molar-refractivity contribution in [2.45, 2.75) is 32.4 Å². The molecule has 5 nitrogen and oxygen atoms in total. The van der Waals surface area contributed by atoms with Crippen molar-refractivity contribution in [3.63, 3.8) is 0 Å². The lowest BCUT2D eigenvalue weighted by atomic mass is 10.0. The van der Waals surface area contributed by atoms with Gasteiger partial charge in [0.15, 0.2) is 0 Å². The third-order valence-electron chi connectivity index (χ3n) is 4.38. The predicted molar refractivity (Wildman–Crippen MR) is 86.0 cm³/mol. The number of nitrogens with one attached hydrogen (secondary N) is 1. The monoisotopic (exact) mass is 302 g/mol. The molecule has 1 amide bonds. The van der Waals surface area contributed by atoms with Crippen LogP contribution in [0.2, 0.25) is 0 Å². The maximum absolute atomic E-state index is 12.6. The maximum Gasteiger partial charge on any atom is 0.243 e. The first-order valence-corrected chi connectivity index (χ1v) is 7.66. The molecule has 0 bridgehead atoms. The van der Waals surface area contributed by atoms with Crippen molar-refractivity contribution in [3.8, 4) is 0 Å². The molecule has 0 radical (unpaired) electrons. The number of nitrogens with zero attached hydrogens (tertiary/aromatic N) is 1. The summed E-state index contributed by atoms with van der Waals surface area (Å²) in [5, 5.41) is 13.6. The molecule has 2 atom stereocenters. The number of aliphatic hydroxyl groups excluding tert-OH is 1. The first-order chi connectivity index (χ1) is 10.5. The first kappa shape index (κ1) is 14.9. The van der Waals surface area contributed by atoms with Crippen LogP contribution in [0.1, 0.15) is 19.4 Å². The SMILES string of the molecule is CC(C)[C@H]1C(=O)N[C@H](CO)Cc2coc3cccc(c23)N1C. The number of hydrogen-bond donors (Lipinski definition) is 2. The molecule has 0 saturated carbocycles. The Balaban J connectivity index is 2.20. The van der Waals surface area contributed by atoms with E-state index in [4.69, 9.17) is 4.42 Å². The Hall–Kier alpha value is -2.01. The van der Waals surface area contributed by atoms with Gasteiger partial charge in [-0.05, 0) is 24.5 Å². The molecule has 1 aliphatic rings. The fraction of sp³-hybridized carbons (Fsp3) is 0.471. The second kappa shape index (κ2) is 5.65. The molecule has 0 saturated heterocycles. The molecule has 0 unspecified atom stereocenters. The van der Waals surface area contributed by atoms with Crippen LogP contribution in [0.5, 0.6) is 0 Å². The minimum atomic E-state index is -0.297. The smallest absolute Gasteiger partial charge is 0.243 e. The van der Waals surface area contributed by atoms with Gasteiger partial charge in [0.05, 0.1) is 18.9 Å². The molecule has 0 fully saturated rings. The van der Waals surface area contributed by atoms with Gasteiger partial charge in [-0.3, -0.25) is 4.79 Å². The third kappa shape index (κ3) is 2.35. The molecule has 1 aromatic heterocycles.